The maximum absolute atomic E-state index is 11.5. The molecule has 0 saturated heterocycles. The minimum Gasteiger partial charge on any atom is -0.508 e. The van der Waals surface area contributed by atoms with Crippen molar-refractivity contribution in [3.8, 4) is 5.75 Å². The molecule has 0 fully saturated rings. The van der Waals surface area contributed by atoms with Crippen LogP contribution in [0.25, 0.3) is 0 Å². The molecule has 0 saturated carbocycles. The van der Waals surface area contributed by atoms with E-state index in [1.807, 2.05) is 0 Å². The van der Waals surface area contributed by atoms with Crippen LogP contribution in [0, 0.1) is 5.92 Å². The van der Waals surface area contributed by atoms with Gasteiger partial charge in [0.2, 0.25) is 0 Å². The van der Waals surface area contributed by atoms with Crippen LogP contribution in [0.4, 0.5) is 5.69 Å². The Labute approximate surface area is 81.5 Å². The summed E-state index contributed by atoms with van der Waals surface area (Å²) >= 11 is 0. The fourth-order valence-corrected chi connectivity index (χ4v) is 1.30. The van der Waals surface area contributed by atoms with Gasteiger partial charge < -0.3 is 5.11 Å². The van der Waals surface area contributed by atoms with Gasteiger partial charge in [0.25, 0.3) is 5.91 Å². The van der Waals surface area contributed by atoms with E-state index in [0.29, 0.717) is 5.69 Å². The van der Waals surface area contributed by atoms with Gasteiger partial charge in [0.1, 0.15) is 5.75 Å². The molecule has 1 amide bonds. The Bertz CT molecular complexity index is 401. The molecule has 1 aromatic rings. The Morgan fingerprint density at radius 1 is 1.50 bits per heavy atom. The quantitative estimate of drug-likeness (QED) is 0.726. The Morgan fingerprint density at radius 2 is 2.29 bits per heavy atom. The van der Waals surface area contributed by atoms with Crippen molar-refractivity contribution in [3.05, 3.63) is 24.3 Å². The molecule has 1 aliphatic heterocycles. The average Bonchev–Trinajstić information content (AvgIpc) is 2.48. The number of carbonyl (C=O) groups excluding carboxylic acids is 1. The Kier molecular flexibility index (Phi) is 1.96. The third-order valence-corrected chi connectivity index (χ3v) is 2.08. The van der Waals surface area contributed by atoms with Gasteiger partial charge in [-0.05, 0) is 19.1 Å². The van der Waals surface area contributed by atoms with E-state index >= 15 is 0 Å². The van der Waals surface area contributed by atoms with Crippen LogP contribution in [0.15, 0.2) is 29.4 Å². The summed E-state index contributed by atoms with van der Waals surface area (Å²) in [5, 5.41) is 14.5. The minimum absolute atomic E-state index is 0.0735. The lowest BCUT2D eigenvalue weighted by atomic mass is 10.2. The molecule has 4 heteroatoms. The fraction of sp³-hybridized carbons (Fsp3) is 0.200. The van der Waals surface area contributed by atoms with Gasteiger partial charge in [-0.2, -0.15) is 5.10 Å². The zero-order valence-corrected chi connectivity index (χ0v) is 7.71. The Balaban J connectivity index is 2.33. The molecule has 1 atom stereocenters. The number of phenols is 1. The zero-order valence-electron chi connectivity index (χ0n) is 7.71. The summed E-state index contributed by atoms with van der Waals surface area (Å²) in [5.74, 6) is -0.127. The molecular weight excluding hydrogens is 180 g/mol. The third-order valence-electron chi connectivity index (χ3n) is 2.08. The molecule has 0 radical (unpaired) electrons. The highest BCUT2D eigenvalue weighted by molar-refractivity contribution is 6.07. The number of hydrogen-bond acceptors (Lipinski definition) is 3. The number of rotatable bonds is 1. The van der Waals surface area contributed by atoms with Gasteiger partial charge in [-0.15, -0.1) is 0 Å². The summed E-state index contributed by atoms with van der Waals surface area (Å²) in [6.45, 7) is 1.79. The predicted octanol–water partition coefficient (Wildman–Crippen LogP) is 1.36. The van der Waals surface area contributed by atoms with Gasteiger partial charge in [0, 0.05) is 12.3 Å². The van der Waals surface area contributed by atoms with E-state index < -0.39 is 0 Å². The van der Waals surface area contributed by atoms with E-state index in [4.69, 9.17) is 0 Å². The molecule has 72 valence electrons. The van der Waals surface area contributed by atoms with Crippen LogP contribution in [0.5, 0.6) is 5.75 Å². The molecule has 1 aliphatic rings. The second kappa shape index (κ2) is 3.14. The summed E-state index contributed by atoms with van der Waals surface area (Å²) in [6, 6.07) is 6.47. The topological polar surface area (TPSA) is 52.9 Å². The molecule has 0 aromatic heterocycles. The van der Waals surface area contributed by atoms with Crippen LogP contribution >= 0.6 is 0 Å². The van der Waals surface area contributed by atoms with Gasteiger partial charge in [0.05, 0.1) is 11.6 Å². The SMILES string of the molecule is CC1C=NN(c2cccc(O)c2)C1=O. The Morgan fingerprint density at radius 3 is 2.86 bits per heavy atom. The van der Waals surface area contributed by atoms with E-state index in [1.54, 1.807) is 31.3 Å². The van der Waals surface area contributed by atoms with E-state index in [1.165, 1.54) is 11.1 Å². The lowest BCUT2D eigenvalue weighted by Gasteiger charge is -2.12. The maximum atomic E-state index is 11.5. The largest absolute Gasteiger partial charge is 0.508 e. The summed E-state index contributed by atoms with van der Waals surface area (Å²) in [4.78, 5) is 11.5. The Hall–Kier alpha value is -1.84. The number of carbonyl (C=O) groups is 1. The number of amides is 1. The first-order chi connectivity index (χ1) is 6.68. The minimum atomic E-state index is -0.183. The maximum Gasteiger partial charge on any atom is 0.255 e. The van der Waals surface area contributed by atoms with Crippen LogP contribution in [0.1, 0.15) is 6.92 Å². The standard InChI is InChI=1S/C10H10N2O2/c1-7-6-11-12(10(7)14)8-3-2-4-9(13)5-8/h2-7,13H,1H3. The zero-order chi connectivity index (χ0) is 10.1. The molecule has 4 nitrogen and oxygen atoms in total. The van der Waals surface area contributed by atoms with Crippen LogP contribution in [0.3, 0.4) is 0 Å². The van der Waals surface area contributed by atoms with Gasteiger partial charge in [-0.3, -0.25) is 4.79 Å². The molecule has 1 heterocycles. The van der Waals surface area contributed by atoms with E-state index in [-0.39, 0.29) is 17.6 Å². The predicted molar refractivity (Wildman–Crippen MR) is 53.2 cm³/mol. The second-order valence-electron chi connectivity index (χ2n) is 3.22. The number of hydrogen-bond donors (Lipinski definition) is 1. The lowest BCUT2D eigenvalue weighted by molar-refractivity contribution is -0.119. The smallest absolute Gasteiger partial charge is 0.255 e. The summed E-state index contributed by atoms with van der Waals surface area (Å²) in [6.07, 6.45) is 1.59. The van der Waals surface area contributed by atoms with E-state index in [9.17, 15) is 9.90 Å². The number of benzene rings is 1. The first kappa shape index (κ1) is 8.74. The van der Waals surface area contributed by atoms with E-state index in [2.05, 4.69) is 5.10 Å². The molecule has 0 aliphatic carbocycles. The number of phenolic OH excluding ortho intramolecular Hbond substituents is 1. The molecule has 1 aromatic carbocycles. The van der Waals surface area contributed by atoms with Crippen molar-refractivity contribution in [2.24, 2.45) is 11.0 Å². The third kappa shape index (κ3) is 1.35. The number of aromatic hydroxyl groups is 1. The van der Waals surface area contributed by atoms with Crippen molar-refractivity contribution >= 4 is 17.8 Å². The number of nitrogens with zero attached hydrogens (tertiary/aromatic N) is 2. The summed E-state index contributed by atoms with van der Waals surface area (Å²) in [7, 11) is 0. The molecule has 0 spiro atoms. The summed E-state index contributed by atoms with van der Waals surface area (Å²) < 4.78 is 0. The second-order valence-corrected chi connectivity index (χ2v) is 3.22. The lowest BCUT2D eigenvalue weighted by Crippen LogP contribution is -2.24. The van der Waals surface area contributed by atoms with Crippen molar-refractivity contribution in [2.75, 3.05) is 5.01 Å². The van der Waals surface area contributed by atoms with Gasteiger partial charge >= 0.3 is 0 Å². The van der Waals surface area contributed by atoms with Crippen molar-refractivity contribution in [1.29, 1.82) is 0 Å². The molecule has 14 heavy (non-hydrogen) atoms. The molecule has 0 bridgehead atoms. The van der Waals surface area contributed by atoms with Crippen LogP contribution < -0.4 is 5.01 Å². The fourth-order valence-electron chi connectivity index (χ4n) is 1.30. The average molecular weight is 190 g/mol. The highest BCUT2D eigenvalue weighted by Gasteiger charge is 2.25. The highest BCUT2D eigenvalue weighted by Crippen LogP contribution is 2.24. The van der Waals surface area contributed by atoms with Crippen LogP contribution in [-0.4, -0.2) is 17.2 Å². The van der Waals surface area contributed by atoms with Crippen molar-refractivity contribution in [2.45, 2.75) is 6.92 Å². The molecule has 1 N–H and O–H groups in total. The van der Waals surface area contributed by atoms with Gasteiger partial charge in [-0.25, -0.2) is 5.01 Å². The molecular formula is C10H10N2O2. The van der Waals surface area contributed by atoms with Gasteiger partial charge in [0.15, 0.2) is 0 Å². The number of hydrazone groups is 1. The van der Waals surface area contributed by atoms with Crippen molar-refractivity contribution in [3.63, 3.8) is 0 Å². The highest BCUT2D eigenvalue weighted by atomic mass is 16.3. The first-order valence-electron chi connectivity index (χ1n) is 4.35. The first-order valence-corrected chi connectivity index (χ1v) is 4.35. The summed E-state index contributed by atoms with van der Waals surface area (Å²) in [5.41, 5.74) is 0.593. The normalized spacial score (nSPS) is 20.5. The molecule has 2 rings (SSSR count). The van der Waals surface area contributed by atoms with Crippen LogP contribution in [0.2, 0.25) is 0 Å². The number of anilines is 1. The van der Waals surface area contributed by atoms with Crippen LogP contribution in [-0.2, 0) is 4.79 Å². The van der Waals surface area contributed by atoms with Crippen molar-refractivity contribution < 1.29 is 9.90 Å². The molecule has 1 unspecified atom stereocenters. The van der Waals surface area contributed by atoms with Gasteiger partial charge in [-0.1, -0.05) is 6.07 Å². The van der Waals surface area contributed by atoms with E-state index in [0.717, 1.165) is 0 Å². The van der Waals surface area contributed by atoms with Crippen molar-refractivity contribution in [1.82, 2.24) is 0 Å². The monoisotopic (exact) mass is 190 g/mol.